The van der Waals surface area contributed by atoms with Crippen molar-refractivity contribution < 1.29 is 14.7 Å². The molecule has 0 radical (unpaired) electrons. The number of nitrogens with one attached hydrogen (secondary N) is 1. The monoisotopic (exact) mass is 268 g/mol. The number of carboxylic acids is 1. The first-order chi connectivity index (χ1) is 9.00. The lowest BCUT2D eigenvalue weighted by atomic mass is 9.75. The van der Waals surface area contributed by atoms with Gasteiger partial charge in [0.25, 0.3) is 0 Å². The van der Waals surface area contributed by atoms with E-state index >= 15 is 0 Å². The van der Waals surface area contributed by atoms with Crippen molar-refractivity contribution in [2.24, 2.45) is 17.6 Å². The van der Waals surface area contributed by atoms with E-state index in [-0.39, 0.29) is 23.3 Å². The Morgan fingerprint density at radius 3 is 2.47 bits per heavy atom. The molecule has 0 saturated heterocycles. The van der Waals surface area contributed by atoms with Gasteiger partial charge in [-0.1, -0.05) is 12.8 Å². The number of nitrogens with two attached hydrogens (primary N) is 1. The SMILES string of the molecule is NC1(CC(=O)NCC2CCCCC2C(=O)O)CCC1. The van der Waals surface area contributed by atoms with Crippen LogP contribution in [0.15, 0.2) is 0 Å². The Hall–Kier alpha value is -1.10. The topological polar surface area (TPSA) is 92.4 Å². The van der Waals surface area contributed by atoms with Crippen molar-refractivity contribution in [1.29, 1.82) is 0 Å². The van der Waals surface area contributed by atoms with Crippen molar-refractivity contribution in [3.05, 3.63) is 0 Å². The summed E-state index contributed by atoms with van der Waals surface area (Å²) in [4.78, 5) is 23.0. The van der Waals surface area contributed by atoms with E-state index < -0.39 is 5.97 Å². The normalized spacial score (nSPS) is 29.3. The summed E-state index contributed by atoms with van der Waals surface area (Å²) in [5.74, 6) is -0.986. The van der Waals surface area contributed by atoms with E-state index in [2.05, 4.69) is 5.32 Å². The summed E-state index contributed by atoms with van der Waals surface area (Å²) in [6, 6.07) is 0. The van der Waals surface area contributed by atoms with E-state index in [0.29, 0.717) is 13.0 Å². The highest BCUT2D eigenvalue weighted by Gasteiger charge is 2.35. The van der Waals surface area contributed by atoms with E-state index in [1.54, 1.807) is 0 Å². The van der Waals surface area contributed by atoms with Crippen molar-refractivity contribution >= 4 is 11.9 Å². The minimum Gasteiger partial charge on any atom is -0.481 e. The summed E-state index contributed by atoms with van der Waals surface area (Å²) < 4.78 is 0. The number of aliphatic carboxylic acids is 1. The number of carbonyl (C=O) groups is 2. The second-order valence-corrected chi connectivity index (χ2v) is 6.19. The third kappa shape index (κ3) is 3.69. The minimum atomic E-state index is -0.728. The van der Waals surface area contributed by atoms with E-state index in [1.165, 1.54) is 0 Å². The van der Waals surface area contributed by atoms with E-state index in [4.69, 9.17) is 5.73 Å². The lowest BCUT2D eigenvalue weighted by molar-refractivity contribution is -0.145. The van der Waals surface area contributed by atoms with Crippen LogP contribution in [-0.2, 0) is 9.59 Å². The predicted molar refractivity (Wildman–Crippen MR) is 71.5 cm³/mol. The number of hydrogen-bond donors (Lipinski definition) is 3. The van der Waals surface area contributed by atoms with Crippen LogP contribution in [0.1, 0.15) is 51.4 Å². The smallest absolute Gasteiger partial charge is 0.306 e. The molecule has 0 aliphatic heterocycles. The molecule has 0 heterocycles. The first-order valence-electron chi connectivity index (χ1n) is 7.29. The molecule has 108 valence electrons. The van der Waals surface area contributed by atoms with Gasteiger partial charge in [-0.15, -0.1) is 0 Å². The molecular formula is C14H24N2O3. The molecule has 0 aromatic carbocycles. The molecule has 0 aromatic rings. The van der Waals surface area contributed by atoms with Crippen molar-refractivity contribution in [3.8, 4) is 0 Å². The molecule has 5 nitrogen and oxygen atoms in total. The van der Waals surface area contributed by atoms with Crippen LogP contribution in [0, 0.1) is 11.8 Å². The third-order valence-electron chi connectivity index (χ3n) is 4.65. The molecule has 2 fully saturated rings. The minimum absolute atomic E-state index is 0.0306. The molecule has 4 N–H and O–H groups in total. The molecule has 0 spiro atoms. The summed E-state index contributed by atoms with van der Waals surface area (Å²) in [6.07, 6.45) is 6.98. The van der Waals surface area contributed by atoms with Gasteiger partial charge in [-0.25, -0.2) is 0 Å². The van der Waals surface area contributed by atoms with Crippen LogP contribution < -0.4 is 11.1 Å². The average molecular weight is 268 g/mol. The molecule has 0 aromatic heterocycles. The van der Waals surface area contributed by atoms with Gasteiger partial charge >= 0.3 is 5.97 Å². The molecular weight excluding hydrogens is 244 g/mol. The van der Waals surface area contributed by atoms with Crippen LogP contribution in [0.25, 0.3) is 0 Å². The number of carbonyl (C=O) groups excluding carboxylic acids is 1. The maximum atomic E-state index is 11.8. The molecule has 0 bridgehead atoms. The summed E-state index contributed by atoms with van der Waals surface area (Å²) in [7, 11) is 0. The molecule has 1 amide bonds. The van der Waals surface area contributed by atoms with Crippen LogP contribution in [-0.4, -0.2) is 29.1 Å². The second-order valence-electron chi connectivity index (χ2n) is 6.19. The standard InChI is InChI=1S/C14H24N2O3/c15-14(6-3-7-14)8-12(17)16-9-10-4-1-2-5-11(10)13(18)19/h10-11H,1-9,15H2,(H,16,17)(H,18,19). The molecule has 2 aliphatic carbocycles. The summed E-state index contributed by atoms with van der Waals surface area (Å²) >= 11 is 0. The maximum absolute atomic E-state index is 11.8. The fourth-order valence-electron chi connectivity index (χ4n) is 3.21. The third-order valence-corrected chi connectivity index (χ3v) is 4.65. The van der Waals surface area contributed by atoms with Gasteiger partial charge in [0.2, 0.25) is 5.91 Å². The van der Waals surface area contributed by atoms with Crippen molar-refractivity contribution in [3.63, 3.8) is 0 Å². The molecule has 2 atom stereocenters. The second kappa shape index (κ2) is 5.90. The molecule has 2 saturated carbocycles. The highest BCUT2D eigenvalue weighted by molar-refractivity contribution is 5.77. The van der Waals surface area contributed by atoms with Crippen LogP contribution in [0.2, 0.25) is 0 Å². The number of hydrogen-bond acceptors (Lipinski definition) is 3. The zero-order valence-corrected chi connectivity index (χ0v) is 11.4. The van der Waals surface area contributed by atoms with Gasteiger partial charge in [0.15, 0.2) is 0 Å². The molecule has 19 heavy (non-hydrogen) atoms. The zero-order chi connectivity index (χ0) is 13.9. The van der Waals surface area contributed by atoms with Crippen LogP contribution >= 0.6 is 0 Å². The predicted octanol–water partition coefficient (Wildman–Crippen LogP) is 1.27. The molecule has 2 unspecified atom stereocenters. The summed E-state index contributed by atoms with van der Waals surface area (Å²) in [6.45, 7) is 0.478. The fourth-order valence-corrected chi connectivity index (χ4v) is 3.21. The van der Waals surface area contributed by atoms with Gasteiger partial charge in [-0.3, -0.25) is 9.59 Å². The quantitative estimate of drug-likeness (QED) is 0.700. The first kappa shape index (κ1) is 14.3. The van der Waals surface area contributed by atoms with Gasteiger partial charge < -0.3 is 16.2 Å². The van der Waals surface area contributed by atoms with Crippen molar-refractivity contribution in [2.45, 2.75) is 56.9 Å². The summed E-state index contributed by atoms with van der Waals surface area (Å²) in [5, 5.41) is 12.1. The Kier molecular flexibility index (Phi) is 4.45. The highest BCUT2D eigenvalue weighted by Crippen LogP contribution is 2.32. The Morgan fingerprint density at radius 1 is 1.21 bits per heavy atom. The lowest BCUT2D eigenvalue weighted by Gasteiger charge is -2.37. The first-order valence-corrected chi connectivity index (χ1v) is 7.29. The molecule has 2 rings (SSSR count). The Balaban J connectivity index is 1.76. The summed E-state index contributed by atoms with van der Waals surface area (Å²) in [5.41, 5.74) is 5.73. The Morgan fingerprint density at radius 2 is 1.89 bits per heavy atom. The molecule has 5 heteroatoms. The lowest BCUT2D eigenvalue weighted by Crippen LogP contribution is -2.50. The van der Waals surface area contributed by atoms with E-state index in [0.717, 1.165) is 44.9 Å². The van der Waals surface area contributed by atoms with Gasteiger partial charge in [0, 0.05) is 18.5 Å². The highest BCUT2D eigenvalue weighted by atomic mass is 16.4. The number of rotatable bonds is 5. The largest absolute Gasteiger partial charge is 0.481 e. The van der Waals surface area contributed by atoms with Gasteiger partial charge in [-0.05, 0) is 38.0 Å². The van der Waals surface area contributed by atoms with Crippen molar-refractivity contribution in [2.75, 3.05) is 6.54 Å². The van der Waals surface area contributed by atoms with E-state index in [9.17, 15) is 14.7 Å². The van der Waals surface area contributed by atoms with Gasteiger partial charge in [0.05, 0.1) is 5.92 Å². The maximum Gasteiger partial charge on any atom is 0.306 e. The van der Waals surface area contributed by atoms with Crippen LogP contribution in [0.3, 0.4) is 0 Å². The zero-order valence-electron chi connectivity index (χ0n) is 11.4. The van der Waals surface area contributed by atoms with E-state index in [1.807, 2.05) is 0 Å². The molecule has 2 aliphatic rings. The Labute approximate surface area is 113 Å². The Bertz CT molecular complexity index is 353. The van der Waals surface area contributed by atoms with Gasteiger partial charge in [0.1, 0.15) is 0 Å². The average Bonchev–Trinajstić information content (AvgIpc) is 2.34. The van der Waals surface area contributed by atoms with Crippen LogP contribution in [0.4, 0.5) is 0 Å². The van der Waals surface area contributed by atoms with Crippen LogP contribution in [0.5, 0.6) is 0 Å². The number of carboxylic acid groups (broad SMARTS) is 1. The fraction of sp³-hybridized carbons (Fsp3) is 0.857. The number of amides is 1. The van der Waals surface area contributed by atoms with Gasteiger partial charge in [-0.2, -0.15) is 0 Å². The van der Waals surface area contributed by atoms with Crippen molar-refractivity contribution in [1.82, 2.24) is 5.32 Å².